The number of rotatable bonds is 3. The molecule has 0 radical (unpaired) electrons. The highest BCUT2D eigenvalue weighted by Crippen LogP contribution is 2.27. The SMILES string of the molecule is CC(C)c1ccc(C(O)c2cnc3ccsc3c2)cc1. The van der Waals surface area contributed by atoms with Crippen LogP contribution < -0.4 is 0 Å². The molecule has 3 heteroatoms. The topological polar surface area (TPSA) is 33.1 Å². The fraction of sp³-hybridized carbons (Fsp3) is 0.235. The van der Waals surface area contributed by atoms with E-state index in [9.17, 15) is 5.11 Å². The fourth-order valence-electron chi connectivity index (χ4n) is 2.27. The van der Waals surface area contributed by atoms with Gasteiger partial charge in [0.1, 0.15) is 6.10 Å². The molecule has 3 aromatic rings. The van der Waals surface area contributed by atoms with Crippen LogP contribution in [0.15, 0.2) is 48.0 Å². The Morgan fingerprint density at radius 2 is 1.70 bits per heavy atom. The van der Waals surface area contributed by atoms with Crippen molar-refractivity contribution < 1.29 is 5.11 Å². The molecule has 0 spiro atoms. The minimum absolute atomic E-state index is 0.505. The molecule has 0 bridgehead atoms. The minimum Gasteiger partial charge on any atom is -0.384 e. The lowest BCUT2D eigenvalue weighted by atomic mass is 9.98. The van der Waals surface area contributed by atoms with Gasteiger partial charge in [-0.1, -0.05) is 38.1 Å². The summed E-state index contributed by atoms with van der Waals surface area (Å²) < 4.78 is 1.11. The number of fused-ring (bicyclic) bond motifs is 1. The van der Waals surface area contributed by atoms with Gasteiger partial charge in [0.15, 0.2) is 0 Å². The van der Waals surface area contributed by atoms with E-state index in [1.165, 1.54) is 5.56 Å². The summed E-state index contributed by atoms with van der Waals surface area (Å²) in [5, 5.41) is 12.5. The lowest BCUT2D eigenvalue weighted by Crippen LogP contribution is -2.00. The predicted octanol–water partition coefficient (Wildman–Crippen LogP) is 4.50. The van der Waals surface area contributed by atoms with Crippen LogP contribution in [-0.2, 0) is 0 Å². The summed E-state index contributed by atoms with van der Waals surface area (Å²) >= 11 is 1.65. The number of hydrogen-bond acceptors (Lipinski definition) is 3. The summed E-state index contributed by atoms with van der Waals surface area (Å²) in [4.78, 5) is 4.38. The molecule has 0 saturated carbocycles. The first-order chi connectivity index (χ1) is 9.65. The highest BCUT2D eigenvalue weighted by molar-refractivity contribution is 7.17. The van der Waals surface area contributed by atoms with Crippen molar-refractivity contribution in [1.29, 1.82) is 0 Å². The fourth-order valence-corrected chi connectivity index (χ4v) is 3.06. The van der Waals surface area contributed by atoms with E-state index in [4.69, 9.17) is 0 Å². The van der Waals surface area contributed by atoms with Crippen molar-refractivity contribution in [2.45, 2.75) is 25.9 Å². The Bertz CT molecular complexity index is 715. The molecular weight excluding hydrogens is 266 g/mol. The molecule has 20 heavy (non-hydrogen) atoms. The molecule has 2 heterocycles. The molecule has 1 N–H and O–H groups in total. The lowest BCUT2D eigenvalue weighted by molar-refractivity contribution is 0.220. The second kappa shape index (κ2) is 5.35. The number of aliphatic hydroxyl groups is 1. The average molecular weight is 283 g/mol. The standard InChI is InChI=1S/C17H17NOS/c1-11(2)12-3-5-13(6-4-12)17(19)14-9-16-15(18-10-14)7-8-20-16/h3-11,17,19H,1-2H3. The number of benzene rings is 1. The Labute approximate surface area is 122 Å². The monoisotopic (exact) mass is 283 g/mol. The van der Waals surface area contributed by atoms with Crippen LogP contribution in [0.25, 0.3) is 10.2 Å². The summed E-state index contributed by atoms with van der Waals surface area (Å²) in [6.45, 7) is 4.33. The summed E-state index contributed by atoms with van der Waals surface area (Å²) in [5.74, 6) is 0.505. The number of thiophene rings is 1. The summed E-state index contributed by atoms with van der Waals surface area (Å²) in [6, 6.07) is 12.2. The summed E-state index contributed by atoms with van der Waals surface area (Å²) in [7, 11) is 0. The Morgan fingerprint density at radius 1 is 1.00 bits per heavy atom. The van der Waals surface area contributed by atoms with E-state index >= 15 is 0 Å². The van der Waals surface area contributed by atoms with Crippen molar-refractivity contribution in [3.63, 3.8) is 0 Å². The molecule has 0 aliphatic rings. The van der Waals surface area contributed by atoms with Crippen LogP contribution >= 0.6 is 11.3 Å². The van der Waals surface area contributed by atoms with E-state index in [1.807, 2.05) is 29.6 Å². The average Bonchev–Trinajstić information content (AvgIpc) is 2.94. The van der Waals surface area contributed by atoms with Gasteiger partial charge in [0, 0.05) is 11.8 Å². The summed E-state index contributed by atoms with van der Waals surface area (Å²) in [6.07, 6.45) is 1.14. The molecule has 3 rings (SSSR count). The maximum absolute atomic E-state index is 10.5. The van der Waals surface area contributed by atoms with E-state index in [1.54, 1.807) is 17.5 Å². The molecule has 1 aromatic carbocycles. The van der Waals surface area contributed by atoms with Crippen LogP contribution in [0.1, 0.15) is 42.6 Å². The van der Waals surface area contributed by atoms with Gasteiger partial charge in [-0.15, -0.1) is 11.3 Å². The van der Waals surface area contributed by atoms with Gasteiger partial charge in [0.25, 0.3) is 0 Å². The third kappa shape index (κ3) is 2.47. The maximum atomic E-state index is 10.5. The maximum Gasteiger partial charge on any atom is 0.106 e. The van der Waals surface area contributed by atoms with Crippen molar-refractivity contribution in [3.8, 4) is 0 Å². The predicted molar refractivity (Wildman–Crippen MR) is 84.2 cm³/mol. The smallest absolute Gasteiger partial charge is 0.106 e. The molecule has 102 valence electrons. The van der Waals surface area contributed by atoms with E-state index in [0.29, 0.717) is 5.92 Å². The molecule has 0 amide bonds. The highest BCUT2D eigenvalue weighted by Gasteiger charge is 2.12. The van der Waals surface area contributed by atoms with Crippen molar-refractivity contribution in [2.75, 3.05) is 0 Å². The number of hydrogen-bond donors (Lipinski definition) is 1. The van der Waals surface area contributed by atoms with Crippen LogP contribution in [0, 0.1) is 0 Å². The zero-order chi connectivity index (χ0) is 14.1. The van der Waals surface area contributed by atoms with Gasteiger partial charge >= 0.3 is 0 Å². The normalized spacial score (nSPS) is 13.0. The number of aliphatic hydroxyl groups excluding tert-OH is 1. The zero-order valence-corrected chi connectivity index (χ0v) is 12.4. The Balaban J connectivity index is 1.92. The molecular formula is C17H17NOS. The second-order valence-electron chi connectivity index (χ2n) is 5.30. The van der Waals surface area contributed by atoms with E-state index in [-0.39, 0.29) is 0 Å². The first-order valence-corrected chi connectivity index (χ1v) is 7.64. The first-order valence-electron chi connectivity index (χ1n) is 6.76. The number of pyridine rings is 1. The van der Waals surface area contributed by atoms with Gasteiger partial charge in [0.2, 0.25) is 0 Å². The summed E-state index contributed by atoms with van der Waals surface area (Å²) in [5.41, 5.74) is 4.03. The minimum atomic E-state index is -0.616. The third-order valence-electron chi connectivity index (χ3n) is 3.56. The van der Waals surface area contributed by atoms with Crippen LogP contribution in [0.4, 0.5) is 0 Å². The molecule has 0 aliphatic heterocycles. The van der Waals surface area contributed by atoms with Gasteiger partial charge in [-0.3, -0.25) is 4.98 Å². The van der Waals surface area contributed by atoms with E-state index < -0.39 is 6.10 Å². The molecule has 1 atom stereocenters. The molecule has 0 fully saturated rings. The Hall–Kier alpha value is -1.71. The molecule has 0 aliphatic carbocycles. The first kappa shape index (κ1) is 13.3. The van der Waals surface area contributed by atoms with Gasteiger partial charge < -0.3 is 5.11 Å². The van der Waals surface area contributed by atoms with Gasteiger partial charge in [-0.25, -0.2) is 0 Å². The van der Waals surface area contributed by atoms with Crippen LogP contribution in [0.5, 0.6) is 0 Å². The van der Waals surface area contributed by atoms with Crippen LogP contribution in [0.3, 0.4) is 0 Å². The Kier molecular flexibility index (Phi) is 3.55. The van der Waals surface area contributed by atoms with E-state index in [2.05, 4.69) is 31.0 Å². The van der Waals surface area contributed by atoms with Crippen molar-refractivity contribution in [2.24, 2.45) is 0 Å². The lowest BCUT2D eigenvalue weighted by Gasteiger charge is -2.13. The highest BCUT2D eigenvalue weighted by atomic mass is 32.1. The van der Waals surface area contributed by atoms with E-state index in [0.717, 1.165) is 21.3 Å². The van der Waals surface area contributed by atoms with Crippen molar-refractivity contribution in [1.82, 2.24) is 4.98 Å². The molecule has 2 nitrogen and oxygen atoms in total. The van der Waals surface area contributed by atoms with Crippen molar-refractivity contribution >= 4 is 21.6 Å². The van der Waals surface area contributed by atoms with Crippen molar-refractivity contribution in [3.05, 3.63) is 64.7 Å². The van der Waals surface area contributed by atoms with Gasteiger partial charge in [0.05, 0.1) is 10.2 Å². The second-order valence-corrected chi connectivity index (χ2v) is 6.24. The third-order valence-corrected chi connectivity index (χ3v) is 4.41. The number of nitrogens with zero attached hydrogens (tertiary/aromatic N) is 1. The molecule has 2 aromatic heterocycles. The number of aromatic nitrogens is 1. The van der Waals surface area contributed by atoms with Gasteiger partial charge in [-0.05, 0) is 34.6 Å². The Morgan fingerprint density at radius 3 is 2.40 bits per heavy atom. The van der Waals surface area contributed by atoms with Gasteiger partial charge in [-0.2, -0.15) is 0 Å². The zero-order valence-electron chi connectivity index (χ0n) is 11.6. The van der Waals surface area contributed by atoms with Crippen LogP contribution in [0.2, 0.25) is 0 Å². The quantitative estimate of drug-likeness (QED) is 0.767. The molecule has 0 saturated heterocycles. The largest absolute Gasteiger partial charge is 0.384 e. The molecule has 1 unspecified atom stereocenters. The van der Waals surface area contributed by atoms with Crippen LogP contribution in [-0.4, -0.2) is 10.1 Å².